The number of carboxylic acid groups (broad SMARTS) is 1. The topological polar surface area (TPSA) is 96.3 Å². The van der Waals surface area contributed by atoms with Crippen molar-refractivity contribution in [2.45, 2.75) is 13.3 Å². The molecule has 0 saturated carbocycles. The second-order valence-corrected chi connectivity index (χ2v) is 5.26. The van der Waals surface area contributed by atoms with Gasteiger partial charge in [-0.25, -0.2) is 13.6 Å². The van der Waals surface area contributed by atoms with E-state index in [1.165, 1.54) is 13.0 Å². The maximum atomic E-state index is 13.3. The number of nitrogens with zero attached hydrogens (tertiary/aromatic N) is 2. The second-order valence-electron chi connectivity index (χ2n) is 5.26. The van der Waals surface area contributed by atoms with Crippen molar-refractivity contribution in [1.82, 2.24) is 5.06 Å². The zero-order valence-corrected chi connectivity index (χ0v) is 12.2. The van der Waals surface area contributed by atoms with Crippen molar-refractivity contribution in [3.8, 4) is 0 Å². The van der Waals surface area contributed by atoms with Crippen molar-refractivity contribution in [2.75, 3.05) is 0 Å². The van der Waals surface area contributed by atoms with E-state index in [1.807, 2.05) is 0 Å². The number of amides is 1. The predicted octanol–water partition coefficient (Wildman–Crippen LogP) is 1.19. The largest absolute Gasteiger partial charge is 0.474 e. The van der Waals surface area contributed by atoms with Crippen molar-refractivity contribution in [3.05, 3.63) is 46.8 Å². The van der Waals surface area contributed by atoms with Gasteiger partial charge >= 0.3 is 11.9 Å². The molecule has 9 heteroatoms. The van der Waals surface area contributed by atoms with Gasteiger partial charge in [-0.15, -0.1) is 5.06 Å². The molecule has 1 atom stereocenters. The third kappa shape index (κ3) is 2.43. The average molecular weight is 336 g/mol. The number of hydrogen-bond donors (Lipinski definition) is 1. The molecule has 2 aliphatic rings. The Hall–Kier alpha value is -3.10. The van der Waals surface area contributed by atoms with Crippen molar-refractivity contribution >= 4 is 23.6 Å². The highest BCUT2D eigenvalue weighted by molar-refractivity contribution is 6.33. The summed E-state index contributed by atoms with van der Waals surface area (Å²) in [6, 6.07) is 3.06. The Balaban J connectivity index is 1.91. The molecule has 1 unspecified atom stereocenters. The van der Waals surface area contributed by atoms with Crippen LogP contribution in [0.25, 0.3) is 0 Å². The molecule has 0 fully saturated rings. The lowest BCUT2D eigenvalue weighted by atomic mass is 9.88. The highest BCUT2D eigenvalue weighted by atomic mass is 19.2. The van der Waals surface area contributed by atoms with Crippen LogP contribution in [-0.4, -0.2) is 33.7 Å². The van der Waals surface area contributed by atoms with Crippen molar-refractivity contribution in [1.29, 1.82) is 0 Å². The van der Waals surface area contributed by atoms with Gasteiger partial charge in [-0.05, 0) is 31.0 Å². The first-order chi connectivity index (χ1) is 11.3. The third-order valence-electron chi connectivity index (χ3n) is 3.70. The van der Waals surface area contributed by atoms with Crippen LogP contribution in [-0.2, 0) is 25.6 Å². The fourth-order valence-corrected chi connectivity index (χ4v) is 2.47. The third-order valence-corrected chi connectivity index (χ3v) is 3.70. The monoisotopic (exact) mass is 336 g/mol. The van der Waals surface area contributed by atoms with Gasteiger partial charge in [-0.2, -0.15) is 4.99 Å². The first kappa shape index (κ1) is 15.8. The lowest BCUT2D eigenvalue weighted by Gasteiger charge is -2.26. The molecular weight excluding hydrogens is 326 g/mol. The molecule has 2 aliphatic heterocycles. The number of carboxylic acids is 1. The van der Waals surface area contributed by atoms with E-state index < -0.39 is 41.1 Å². The molecule has 0 saturated heterocycles. The summed E-state index contributed by atoms with van der Waals surface area (Å²) in [7, 11) is 0. The standard InChI is InChI=1S/C15H10F2N2O5/c1-6-11(20)8(4-7-2-3-9(16)10(17)5-7)14(21)19-12(6)18-13(24-19)15(22)23/h2-3,5,8H,4H2,1H3,(H,22,23). The van der Waals surface area contributed by atoms with Crippen LogP contribution in [0.15, 0.2) is 34.6 Å². The molecule has 1 aromatic rings. The average Bonchev–Trinajstić information content (AvgIpc) is 2.99. The molecule has 24 heavy (non-hydrogen) atoms. The van der Waals surface area contributed by atoms with E-state index in [9.17, 15) is 23.2 Å². The zero-order valence-electron chi connectivity index (χ0n) is 12.2. The molecule has 0 radical (unpaired) electrons. The van der Waals surface area contributed by atoms with Crippen molar-refractivity contribution in [3.63, 3.8) is 0 Å². The summed E-state index contributed by atoms with van der Waals surface area (Å²) in [6.07, 6.45) is -0.179. The molecule has 0 aliphatic carbocycles. The number of Topliss-reactive ketones (excluding diaryl/α,β-unsaturated/α-hetero) is 1. The summed E-state index contributed by atoms with van der Waals surface area (Å²) in [5, 5.41) is 9.52. The Morgan fingerprint density at radius 3 is 2.67 bits per heavy atom. The smallest absolute Gasteiger partial charge is 0.394 e. The quantitative estimate of drug-likeness (QED) is 0.837. The Kier molecular flexibility index (Phi) is 3.63. The minimum absolute atomic E-state index is 0.0541. The number of rotatable bonds is 3. The number of allylic oxidation sites excluding steroid dienone is 1. The van der Waals surface area contributed by atoms with Gasteiger partial charge in [0.1, 0.15) is 5.92 Å². The highest BCUT2D eigenvalue weighted by Crippen LogP contribution is 2.31. The van der Waals surface area contributed by atoms with Crippen LogP contribution in [0.3, 0.4) is 0 Å². The second kappa shape index (κ2) is 5.52. The molecule has 1 aromatic carbocycles. The normalized spacial score (nSPS) is 20.0. The summed E-state index contributed by atoms with van der Waals surface area (Å²) < 4.78 is 26.3. The maximum Gasteiger partial charge on any atom is 0.394 e. The van der Waals surface area contributed by atoms with Crippen molar-refractivity contribution < 1.29 is 33.1 Å². The van der Waals surface area contributed by atoms with Crippen LogP contribution < -0.4 is 0 Å². The molecule has 1 amide bonds. The lowest BCUT2D eigenvalue weighted by molar-refractivity contribution is -0.161. The molecule has 2 heterocycles. The van der Waals surface area contributed by atoms with Gasteiger partial charge in [0.25, 0.3) is 5.91 Å². The van der Waals surface area contributed by atoms with Crippen LogP contribution >= 0.6 is 0 Å². The minimum Gasteiger partial charge on any atom is -0.474 e. The number of benzene rings is 1. The molecular formula is C15H10F2N2O5. The van der Waals surface area contributed by atoms with Gasteiger partial charge in [-0.3, -0.25) is 9.59 Å². The Morgan fingerprint density at radius 2 is 2.04 bits per heavy atom. The molecule has 0 spiro atoms. The molecule has 0 bridgehead atoms. The lowest BCUT2D eigenvalue weighted by Crippen LogP contribution is -2.43. The van der Waals surface area contributed by atoms with E-state index in [0.717, 1.165) is 12.1 Å². The first-order valence-electron chi connectivity index (χ1n) is 6.82. The van der Waals surface area contributed by atoms with E-state index in [1.54, 1.807) is 0 Å². The number of aliphatic imine (C=N–C) groups is 1. The summed E-state index contributed by atoms with van der Waals surface area (Å²) in [5.41, 5.74) is 0.300. The Bertz CT molecular complexity index is 846. The zero-order chi connectivity index (χ0) is 17.6. The minimum atomic E-state index is -1.48. The van der Waals surface area contributed by atoms with E-state index in [0.29, 0.717) is 5.06 Å². The van der Waals surface area contributed by atoms with Gasteiger partial charge in [0.15, 0.2) is 23.2 Å². The summed E-state index contributed by atoms with van der Waals surface area (Å²) >= 11 is 0. The Morgan fingerprint density at radius 1 is 1.33 bits per heavy atom. The molecule has 0 aromatic heterocycles. The SMILES string of the molecule is CC1=C2N=C(C(=O)O)ON2C(=O)C(Cc2ccc(F)c(F)c2)C1=O. The van der Waals surface area contributed by atoms with Crippen LogP contribution in [0, 0.1) is 17.6 Å². The number of aliphatic carboxylic acids is 1. The molecule has 1 N–H and O–H groups in total. The Labute approximate surface area is 133 Å². The van der Waals surface area contributed by atoms with Gasteiger partial charge in [0.05, 0.1) is 0 Å². The van der Waals surface area contributed by atoms with Crippen LogP contribution in [0.4, 0.5) is 8.78 Å². The number of carbonyl (C=O) groups is 3. The van der Waals surface area contributed by atoms with E-state index in [4.69, 9.17) is 9.94 Å². The number of halogens is 2. The van der Waals surface area contributed by atoms with Crippen LogP contribution in [0.5, 0.6) is 0 Å². The maximum absolute atomic E-state index is 13.3. The van der Waals surface area contributed by atoms with E-state index in [2.05, 4.69) is 4.99 Å². The number of hydroxylamine groups is 2. The van der Waals surface area contributed by atoms with Gasteiger partial charge in [-0.1, -0.05) is 6.07 Å². The summed E-state index contributed by atoms with van der Waals surface area (Å²) in [5.74, 6) is -7.14. The summed E-state index contributed by atoms with van der Waals surface area (Å²) in [6.45, 7) is 1.38. The fourth-order valence-electron chi connectivity index (χ4n) is 2.47. The number of ketones is 1. The van der Waals surface area contributed by atoms with Gasteiger partial charge in [0, 0.05) is 5.57 Å². The summed E-state index contributed by atoms with van der Waals surface area (Å²) in [4.78, 5) is 44.1. The molecule has 124 valence electrons. The number of hydrogen-bond acceptors (Lipinski definition) is 5. The first-order valence-corrected chi connectivity index (χ1v) is 6.82. The van der Waals surface area contributed by atoms with Crippen molar-refractivity contribution in [2.24, 2.45) is 10.9 Å². The number of fused-ring (bicyclic) bond motifs is 1. The van der Waals surface area contributed by atoms with Crippen LogP contribution in [0.1, 0.15) is 12.5 Å². The van der Waals surface area contributed by atoms with Gasteiger partial charge in [0.2, 0.25) is 0 Å². The predicted molar refractivity (Wildman–Crippen MR) is 74.3 cm³/mol. The number of carbonyl (C=O) groups excluding carboxylic acids is 2. The fraction of sp³-hybridized carbons (Fsp3) is 0.200. The highest BCUT2D eigenvalue weighted by Gasteiger charge is 2.45. The molecule has 7 nitrogen and oxygen atoms in total. The van der Waals surface area contributed by atoms with E-state index >= 15 is 0 Å². The van der Waals surface area contributed by atoms with Gasteiger partial charge < -0.3 is 9.94 Å². The van der Waals surface area contributed by atoms with E-state index in [-0.39, 0.29) is 23.4 Å². The van der Waals surface area contributed by atoms with Crippen LogP contribution in [0.2, 0.25) is 0 Å². The molecule has 3 rings (SSSR count).